The zero-order valence-corrected chi connectivity index (χ0v) is 11.1. The summed E-state index contributed by atoms with van der Waals surface area (Å²) < 4.78 is 38.5. The van der Waals surface area contributed by atoms with Crippen molar-refractivity contribution < 1.29 is 36.1 Å². The van der Waals surface area contributed by atoms with Crippen molar-refractivity contribution in [3.8, 4) is 0 Å². The third-order valence-corrected chi connectivity index (χ3v) is 2.82. The van der Waals surface area contributed by atoms with Crippen LogP contribution in [0.25, 0.3) is 0 Å². The van der Waals surface area contributed by atoms with Crippen LogP contribution in [-0.4, -0.2) is 44.6 Å². The lowest BCUT2D eigenvalue weighted by Gasteiger charge is -2.21. The third-order valence-electron chi connectivity index (χ3n) is 2.82. The van der Waals surface area contributed by atoms with Gasteiger partial charge in [-0.05, 0) is 12.4 Å². The molecule has 1 heterocycles. The lowest BCUT2D eigenvalue weighted by atomic mass is 10.1. The van der Waals surface area contributed by atoms with Crippen LogP contribution in [0.2, 0.25) is 0 Å². The number of nitrogens with two attached hydrogens (primary N) is 1. The minimum atomic E-state index is -4.04. The van der Waals surface area contributed by atoms with Crippen LogP contribution >= 0.6 is 0 Å². The normalized spacial score (nSPS) is 20.3. The number of hydrogen-bond acceptors (Lipinski definition) is 6. The fourth-order valence-electron chi connectivity index (χ4n) is 1.95. The first-order valence-corrected chi connectivity index (χ1v) is 5.83. The van der Waals surface area contributed by atoms with Gasteiger partial charge in [0.1, 0.15) is 11.6 Å². The second kappa shape index (κ2) is 5.83. The van der Waals surface area contributed by atoms with E-state index in [4.69, 9.17) is 12.6 Å². The molecule has 0 aliphatic carbocycles. The molecule has 2 rings (SSSR count). The molecule has 3 amide bonds. The summed E-state index contributed by atoms with van der Waals surface area (Å²) in [5, 5.41) is 20.6. The summed E-state index contributed by atoms with van der Waals surface area (Å²) in [6, 6.07) is -1.26. The summed E-state index contributed by atoms with van der Waals surface area (Å²) in [4.78, 5) is 57.9. The van der Waals surface area contributed by atoms with Gasteiger partial charge in [-0.2, -0.15) is 0 Å². The highest BCUT2D eigenvalue weighted by atomic mass is 16.6. The Labute approximate surface area is 135 Å². The van der Waals surface area contributed by atoms with Gasteiger partial charge in [0.2, 0.25) is 5.91 Å². The maximum absolute atomic E-state index is 12.6. The molecule has 0 radical (unpaired) electrons. The monoisotopic (exact) mass is 326 g/mol. The van der Waals surface area contributed by atoms with Gasteiger partial charge in [-0.3, -0.25) is 29.4 Å². The largest absolute Gasteiger partial charge is 0.480 e. The summed E-state index contributed by atoms with van der Waals surface area (Å²) in [6.45, 7) is 0. The van der Waals surface area contributed by atoms with Crippen LogP contribution in [0.4, 0.5) is 5.69 Å². The van der Waals surface area contributed by atoms with Gasteiger partial charge in [0.05, 0.1) is 11.9 Å². The molecule has 10 nitrogen and oxygen atoms in total. The van der Waals surface area contributed by atoms with Gasteiger partial charge < -0.3 is 10.8 Å². The van der Waals surface area contributed by atoms with E-state index in [1.165, 1.54) is 0 Å². The number of amides is 3. The van der Waals surface area contributed by atoms with E-state index >= 15 is 0 Å². The van der Waals surface area contributed by atoms with Crippen LogP contribution in [0.1, 0.15) is 40.3 Å². The molecule has 0 unspecified atom stereocenters. The molecule has 23 heavy (non-hydrogen) atoms. The number of carboxylic acids is 1. The lowest BCUT2D eigenvalue weighted by molar-refractivity contribution is -0.385. The molecule has 0 aromatic heterocycles. The Morgan fingerprint density at radius 2 is 2.09 bits per heavy atom. The molecular weight excluding hydrogens is 310 g/mol. The standard InChI is InChI=1S/C13H11N3O7/c14-9(17)5-4-8(13(20)21)15-11(18)6-2-1-3-7(16(22)23)10(6)12(15)19/h1-3,8H,4-5H2,(H2,14,17)(H,20,21)/t8-/m0/s1/i4D2,5D2,8D. The Bertz CT molecular complexity index is 950. The molecule has 1 aliphatic rings. The molecule has 0 bridgehead atoms. The molecule has 1 aromatic carbocycles. The van der Waals surface area contributed by atoms with Crippen molar-refractivity contribution in [3.05, 3.63) is 39.4 Å². The van der Waals surface area contributed by atoms with Crippen molar-refractivity contribution in [1.82, 2.24) is 4.90 Å². The summed E-state index contributed by atoms with van der Waals surface area (Å²) in [5.74, 6) is -7.77. The average Bonchev–Trinajstić information content (AvgIpc) is 2.84. The Morgan fingerprint density at radius 3 is 2.61 bits per heavy atom. The fraction of sp³-hybridized carbons (Fsp3) is 0.231. The van der Waals surface area contributed by atoms with Gasteiger partial charge in [0.25, 0.3) is 17.5 Å². The number of primary amides is 1. The molecule has 0 saturated heterocycles. The second-order valence-electron chi connectivity index (χ2n) is 4.17. The topological polar surface area (TPSA) is 161 Å². The van der Waals surface area contributed by atoms with Crippen molar-refractivity contribution in [1.29, 1.82) is 0 Å². The highest BCUT2D eigenvalue weighted by molar-refractivity contribution is 6.24. The number of benzene rings is 1. The smallest absolute Gasteiger partial charge is 0.326 e. The molecule has 120 valence electrons. The number of fused-ring (bicyclic) bond motifs is 1. The first-order chi connectivity index (χ1) is 12.6. The van der Waals surface area contributed by atoms with Gasteiger partial charge >= 0.3 is 5.97 Å². The van der Waals surface area contributed by atoms with E-state index in [1.807, 2.05) is 0 Å². The number of carbonyl (C=O) groups is 4. The fourth-order valence-corrected chi connectivity index (χ4v) is 1.95. The molecule has 3 N–H and O–H groups in total. The van der Waals surface area contributed by atoms with Crippen LogP contribution in [-0.2, 0) is 9.59 Å². The Hall–Kier alpha value is -3.30. The van der Waals surface area contributed by atoms with Crippen LogP contribution in [0, 0.1) is 10.1 Å². The van der Waals surface area contributed by atoms with Crippen molar-refractivity contribution in [2.75, 3.05) is 0 Å². The highest BCUT2D eigenvalue weighted by Crippen LogP contribution is 2.32. The van der Waals surface area contributed by atoms with E-state index in [1.54, 1.807) is 0 Å². The number of carboxylic acid groups (broad SMARTS) is 1. The summed E-state index contributed by atoms with van der Waals surface area (Å²) in [7, 11) is 0. The van der Waals surface area contributed by atoms with E-state index in [9.17, 15) is 34.4 Å². The molecule has 0 fully saturated rings. The van der Waals surface area contributed by atoms with Gasteiger partial charge in [0.15, 0.2) is 0 Å². The third kappa shape index (κ3) is 2.73. The van der Waals surface area contributed by atoms with Crippen LogP contribution in [0.5, 0.6) is 0 Å². The number of rotatable bonds is 6. The lowest BCUT2D eigenvalue weighted by Crippen LogP contribution is -2.45. The number of imide groups is 1. The van der Waals surface area contributed by atoms with Crippen molar-refractivity contribution in [2.45, 2.75) is 18.8 Å². The number of aliphatic carboxylic acids is 1. The first-order valence-electron chi connectivity index (χ1n) is 8.33. The van der Waals surface area contributed by atoms with Crippen molar-refractivity contribution in [3.63, 3.8) is 0 Å². The summed E-state index contributed by atoms with van der Waals surface area (Å²) in [6.07, 6.45) is -7.85. The highest BCUT2D eigenvalue weighted by Gasteiger charge is 2.46. The second-order valence-corrected chi connectivity index (χ2v) is 4.17. The van der Waals surface area contributed by atoms with E-state index < -0.39 is 69.1 Å². The van der Waals surface area contributed by atoms with Crippen molar-refractivity contribution >= 4 is 29.4 Å². The molecule has 10 heteroatoms. The number of nitro groups is 1. The minimum absolute atomic E-state index is 0.465. The minimum Gasteiger partial charge on any atom is -0.480 e. The quantitative estimate of drug-likeness (QED) is 0.419. The first kappa shape index (κ1) is 10.4. The van der Waals surface area contributed by atoms with E-state index in [0.29, 0.717) is 0 Å². The number of nitro benzene ring substituents is 1. The maximum Gasteiger partial charge on any atom is 0.326 e. The predicted octanol–water partition coefficient (Wildman–Crippen LogP) is -0.0905. The van der Waals surface area contributed by atoms with Gasteiger partial charge in [-0.25, -0.2) is 4.79 Å². The molecule has 1 aromatic rings. The van der Waals surface area contributed by atoms with Crippen molar-refractivity contribution in [2.24, 2.45) is 5.73 Å². The summed E-state index contributed by atoms with van der Waals surface area (Å²) in [5.41, 5.74) is 2.31. The Kier molecular flexibility index (Phi) is 2.64. The number of nitrogens with zero attached hydrogens (tertiary/aromatic N) is 2. The summed E-state index contributed by atoms with van der Waals surface area (Å²) >= 11 is 0. The molecular formula is C13H11N3O7. The van der Waals surface area contributed by atoms with Crippen LogP contribution < -0.4 is 5.73 Å². The van der Waals surface area contributed by atoms with E-state index in [0.717, 1.165) is 18.2 Å². The Balaban J connectivity index is 2.79. The maximum atomic E-state index is 12.6. The van der Waals surface area contributed by atoms with Gasteiger partial charge in [0, 0.05) is 17.9 Å². The Morgan fingerprint density at radius 1 is 1.43 bits per heavy atom. The van der Waals surface area contributed by atoms with Crippen LogP contribution in [0.3, 0.4) is 0 Å². The molecule has 1 atom stereocenters. The SMILES string of the molecule is [2H]C([2H])(C(N)=O)C([2H])([2H])[C@@]([2H])(C(=O)O)N1C(=O)c2cccc([N+](=O)[O-])c2C1=O. The predicted molar refractivity (Wildman–Crippen MR) is 73.4 cm³/mol. The molecule has 1 aliphatic heterocycles. The zero-order valence-electron chi connectivity index (χ0n) is 16.1. The average molecular weight is 326 g/mol. The number of hydrogen-bond donors (Lipinski definition) is 2. The van der Waals surface area contributed by atoms with E-state index in [-0.39, 0.29) is 0 Å². The molecule has 0 saturated carbocycles. The zero-order chi connectivity index (χ0) is 21.8. The van der Waals surface area contributed by atoms with Crippen LogP contribution in [0.15, 0.2) is 18.2 Å². The molecule has 0 spiro atoms. The van der Waals surface area contributed by atoms with E-state index in [2.05, 4.69) is 0 Å². The van der Waals surface area contributed by atoms with Gasteiger partial charge in [-0.15, -0.1) is 0 Å². The number of carbonyl (C=O) groups excluding carboxylic acids is 3. The van der Waals surface area contributed by atoms with Gasteiger partial charge in [-0.1, -0.05) is 6.07 Å².